The number of nitrogens with two attached hydrogens (primary N) is 1. The third-order valence-corrected chi connectivity index (χ3v) is 3.01. The first kappa shape index (κ1) is 14.4. The van der Waals surface area contributed by atoms with Gasteiger partial charge in [0.1, 0.15) is 6.04 Å². The van der Waals surface area contributed by atoms with Crippen LogP contribution in [-0.4, -0.2) is 29.5 Å². The van der Waals surface area contributed by atoms with E-state index in [1.165, 1.54) is 11.3 Å². The Kier molecular flexibility index (Phi) is 5.08. The number of hydrogen-bond donors (Lipinski definition) is 2. The van der Waals surface area contributed by atoms with Gasteiger partial charge in [-0.2, -0.15) is 0 Å². The van der Waals surface area contributed by atoms with Crippen LogP contribution in [0.5, 0.6) is 0 Å². The Hall–Kier alpha value is -1.63. The quantitative estimate of drug-likeness (QED) is 0.759. The van der Waals surface area contributed by atoms with Crippen molar-refractivity contribution in [2.75, 3.05) is 11.9 Å². The highest BCUT2D eigenvalue weighted by Crippen LogP contribution is 2.19. The van der Waals surface area contributed by atoms with Gasteiger partial charge in [0.15, 0.2) is 10.8 Å². The van der Waals surface area contributed by atoms with E-state index in [4.69, 9.17) is 10.5 Å². The van der Waals surface area contributed by atoms with Crippen LogP contribution in [0.25, 0.3) is 0 Å². The summed E-state index contributed by atoms with van der Waals surface area (Å²) in [6.45, 7) is 5.78. The molecule has 0 aliphatic rings. The molecule has 0 aliphatic heterocycles. The SMILES string of the molecule is CCOC(=O)c1csc(NC(C(N)=O)C(C)C)n1. The predicted octanol–water partition coefficient (Wildman–Crippen LogP) is 1.24. The van der Waals surface area contributed by atoms with Crippen molar-refractivity contribution in [2.24, 2.45) is 11.7 Å². The molecule has 0 aromatic carbocycles. The van der Waals surface area contributed by atoms with Crippen molar-refractivity contribution in [3.05, 3.63) is 11.1 Å². The maximum Gasteiger partial charge on any atom is 0.357 e. The number of anilines is 1. The maximum atomic E-state index is 11.4. The highest BCUT2D eigenvalue weighted by Gasteiger charge is 2.21. The molecule has 7 heteroatoms. The first-order valence-corrected chi connectivity index (χ1v) is 6.52. The van der Waals surface area contributed by atoms with E-state index >= 15 is 0 Å². The van der Waals surface area contributed by atoms with Crippen LogP contribution < -0.4 is 11.1 Å². The van der Waals surface area contributed by atoms with Crippen LogP contribution in [0.15, 0.2) is 5.38 Å². The summed E-state index contributed by atoms with van der Waals surface area (Å²) in [5.41, 5.74) is 5.52. The first-order valence-electron chi connectivity index (χ1n) is 5.64. The summed E-state index contributed by atoms with van der Waals surface area (Å²) >= 11 is 1.24. The van der Waals surface area contributed by atoms with Crippen LogP contribution in [0.2, 0.25) is 0 Å². The van der Waals surface area contributed by atoms with E-state index in [2.05, 4.69) is 10.3 Å². The van der Waals surface area contributed by atoms with Crippen molar-refractivity contribution in [2.45, 2.75) is 26.8 Å². The summed E-state index contributed by atoms with van der Waals surface area (Å²) in [6, 6.07) is -0.508. The van der Waals surface area contributed by atoms with Gasteiger partial charge >= 0.3 is 5.97 Å². The number of nitrogens with one attached hydrogen (secondary N) is 1. The minimum atomic E-state index is -0.508. The normalized spacial score (nSPS) is 12.2. The van der Waals surface area contributed by atoms with Crippen molar-refractivity contribution in [3.63, 3.8) is 0 Å². The monoisotopic (exact) mass is 271 g/mol. The molecule has 1 aromatic heterocycles. The molecule has 0 spiro atoms. The number of esters is 1. The Morgan fingerprint density at radius 2 is 2.22 bits per heavy atom. The molecule has 100 valence electrons. The van der Waals surface area contributed by atoms with Crippen LogP contribution in [0.4, 0.5) is 5.13 Å². The lowest BCUT2D eigenvalue weighted by molar-refractivity contribution is -0.119. The fraction of sp³-hybridized carbons (Fsp3) is 0.545. The minimum absolute atomic E-state index is 0.0393. The third kappa shape index (κ3) is 3.69. The maximum absolute atomic E-state index is 11.4. The molecule has 0 bridgehead atoms. The molecule has 0 saturated carbocycles. The number of carbonyl (C=O) groups excluding carboxylic acids is 2. The van der Waals surface area contributed by atoms with Gasteiger partial charge in [-0.1, -0.05) is 13.8 Å². The van der Waals surface area contributed by atoms with Gasteiger partial charge in [0.05, 0.1) is 6.61 Å². The molecule has 1 amide bonds. The summed E-state index contributed by atoms with van der Waals surface area (Å²) in [7, 11) is 0. The van der Waals surface area contributed by atoms with Crippen molar-refractivity contribution in [3.8, 4) is 0 Å². The van der Waals surface area contributed by atoms with Gasteiger partial charge in [-0.3, -0.25) is 4.79 Å². The second-order valence-corrected chi connectivity index (χ2v) is 4.88. The Bertz CT molecular complexity index is 431. The lowest BCUT2D eigenvalue weighted by atomic mass is 10.0. The second kappa shape index (κ2) is 6.34. The van der Waals surface area contributed by atoms with Crippen molar-refractivity contribution in [1.29, 1.82) is 0 Å². The standard InChI is InChI=1S/C11H17N3O3S/c1-4-17-10(16)7-5-18-11(13-7)14-8(6(2)3)9(12)15/h5-6,8H,4H2,1-3H3,(H2,12,15)(H,13,14). The molecule has 0 radical (unpaired) electrons. The molecule has 1 unspecified atom stereocenters. The number of amides is 1. The number of primary amides is 1. The fourth-order valence-corrected chi connectivity index (χ4v) is 2.06. The van der Waals surface area contributed by atoms with Gasteiger partial charge in [0.2, 0.25) is 5.91 Å². The fourth-order valence-electron chi connectivity index (χ4n) is 1.34. The second-order valence-electron chi connectivity index (χ2n) is 4.03. The number of thiazole rings is 1. The molecular formula is C11H17N3O3S. The largest absolute Gasteiger partial charge is 0.461 e. The van der Waals surface area contributed by atoms with Crippen LogP contribution in [-0.2, 0) is 9.53 Å². The van der Waals surface area contributed by atoms with E-state index in [1.807, 2.05) is 13.8 Å². The van der Waals surface area contributed by atoms with Gasteiger partial charge < -0.3 is 15.8 Å². The third-order valence-electron chi connectivity index (χ3n) is 2.24. The number of hydrogen-bond acceptors (Lipinski definition) is 6. The van der Waals surface area contributed by atoms with E-state index in [0.717, 1.165) is 0 Å². The number of nitrogens with zero attached hydrogens (tertiary/aromatic N) is 1. The Labute approximate surface area is 110 Å². The zero-order chi connectivity index (χ0) is 13.7. The summed E-state index contributed by atoms with van der Waals surface area (Å²) in [5, 5.41) is 4.98. The molecule has 0 saturated heterocycles. The van der Waals surface area contributed by atoms with Crippen molar-refractivity contribution in [1.82, 2.24) is 4.98 Å². The molecule has 1 heterocycles. The lowest BCUT2D eigenvalue weighted by Gasteiger charge is -2.17. The molecule has 1 atom stereocenters. The smallest absolute Gasteiger partial charge is 0.357 e. The number of rotatable bonds is 6. The van der Waals surface area contributed by atoms with Crippen LogP contribution in [0, 0.1) is 5.92 Å². The predicted molar refractivity (Wildman–Crippen MR) is 69.5 cm³/mol. The molecule has 6 nitrogen and oxygen atoms in total. The van der Waals surface area contributed by atoms with Crippen LogP contribution in [0.3, 0.4) is 0 Å². The molecule has 1 aromatic rings. The summed E-state index contributed by atoms with van der Waals surface area (Å²) in [5.74, 6) is -0.877. The number of carbonyl (C=O) groups is 2. The molecule has 18 heavy (non-hydrogen) atoms. The summed E-state index contributed by atoms with van der Waals surface area (Å²) < 4.78 is 4.83. The van der Waals surface area contributed by atoms with Gasteiger partial charge in [-0.05, 0) is 12.8 Å². The first-order chi connectivity index (χ1) is 8.45. The zero-order valence-electron chi connectivity index (χ0n) is 10.6. The summed E-state index contributed by atoms with van der Waals surface area (Å²) in [6.07, 6.45) is 0. The molecular weight excluding hydrogens is 254 g/mol. The van der Waals surface area contributed by atoms with Crippen molar-refractivity contribution >= 4 is 28.3 Å². The number of aromatic nitrogens is 1. The van der Waals surface area contributed by atoms with Gasteiger partial charge in [-0.25, -0.2) is 9.78 Å². The van der Waals surface area contributed by atoms with Gasteiger partial charge in [0, 0.05) is 5.38 Å². The molecule has 0 aliphatic carbocycles. The van der Waals surface area contributed by atoms with E-state index in [1.54, 1.807) is 12.3 Å². The molecule has 0 fully saturated rings. The molecule has 1 rings (SSSR count). The van der Waals surface area contributed by atoms with E-state index in [0.29, 0.717) is 11.7 Å². The van der Waals surface area contributed by atoms with Gasteiger partial charge in [-0.15, -0.1) is 11.3 Å². The summed E-state index contributed by atoms with van der Waals surface area (Å²) in [4.78, 5) is 26.7. The topological polar surface area (TPSA) is 94.3 Å². The van der Waals surface area contributed by atoms with E-state index in [-0.39, 0.29) is 11.6 Å². The average Bonchev–Trinajstić information content (AvgIpc) is 2.73. The van der Waals surface area contributed by atoms with Crippen LogP contribution >= 0.6 is 11.3 Å². The van der Waals surface area contributed by atoms with E-state index < -0.39 is 17.9 Å². The zero-order valence-corrected chi connectivity index (χ0v) is 11.4. The van der Waals surface area contributed by atoms with Gasteiger partial charge in [0.25, 0.3) is 0 Å². The highest BCUT2D eigenvalue weighted by molar-refractivity contribution is 7.13. The Morgan fingerprint density at radius 1 is 1.56 bits per heavy atom. The van der Waals surface area contributed by atoms with Crippen molar-refractivity contribution < 1.29 is 14.3 Å². The minimum Gasteiger partial charge on any atom is -0.461 e. The average molecular weight is 271 g/mol. The Morgan fingerprint density at radius 3 is 2.72 bits per heavy atom. The highest BCUT2D eigenvalue weighted by atomic mass is 32.1. The number of ether oxygens (including phenoxy) is 1. The molecule has 3 N–H and O–H groups in total. The van der Waals surface area contributed by atoms with Crippen LogP contribution in [0.1, 0.15) is 31.3 Å². The van der Waals surface area contributed by atoms with E-state index in [9.17, 15) is 9.59 Å². The Balaban J connectivity index is 2.74. The lowest BCUT2D eigenvalue weighted by Crippen LogP contribution is -2.39.